The van der Waals surface area contributed by atoms with E-state index in [4.69, 9.17) is 0 Å². The van der Waals surface area contributed by atoms with Gasteiger partial charge >= 0.3 is 0 Å². The van der Waals surface area contributed by atoms with Crippen LogP contribution in [-0.4, -0.2) is 29.2 Å². The van der Waals surface area contributed by atoms with Crippen molar-refractivity contribution in [1.29, 1.82) is 0 Å². The first-order valence-corrected chi connectivity index (χ1v) is 7.28. The lowest BCUT2D eigenvalue weighted by Crippen LogP contribution is -2.35. The van der Waals surface area contributed by atoms with Crippen LogP contribution in [0.2, 0.25) is 0 Å². The molecule has 0 spiro atoms. The van der Waals surface area contributed by atoms with Gasteiger partial charge in [0, 0.05) is 6.04 Å². The molecule has 2 heteroatoms. The van der Waals surface area contributed by atoms with Gasteiger partial charge in [-0.15, -0.1) is 0 Å². The van der Waals surface area contributed by atoms with Gasteiger partial charge in [0.2, 0.25) is 0 Å². The minimum Gasteiger partial charge on any atom is -0.394 e. The van der Waals surface area contributed by atoms with E-state index in [1.807, 2.05) is 6.07 Å². The van der Waals surface area contributed by atoms with Gasteiger partial charge in [0.25, 0.3) is 0 Å². The molecule has 2 rings (SSSR count). The van der Waals surface area contributed by atoms with Crippen molar-refractivity contribution in [2.75, 3.05) is 13.2 Å². The summed E-state index contributed by atoms with van der Waals surface area (Å²) in [5.41, 5.74) is 1.25. The van der Waals surface area contributed by atoms with Gasteiger partial charge in [-0.2, -0.15) is 0 Å². The van der Waals surface area contributed by atoms with Crippen molar-refractivity contribution >= 4 is 0 Å². The summed E-state index contributed by atoms with van der Waals surface area (Å²) in [5.74, 6) is 0. The van der Waals surface area contributed by atoms with Crippen molar-refractivity contribution in [3.05, 3.63) is 35.9 Å². The molecule has 1 heterocycles. The second-order valence-corrected chi connectivity index (χ2v) is 5.29. The van der Waals surface area contributed by atoms with Gasteiger partial charge in [0.1, 0.15) is 0 Å². The van der Waals surface area contributed by atoms with E-state index >= 15 is 0 Å². The Kier molecular flexibility index (Phi) is 5.21. The van der Waals surface area contributed by atoms with Crippen molar-refractivity contribution in [3.8, 4) is 0 Å². The third kappa shape index (κ3) is 3.12. The molecule has 1 aliphatic rings. The van der Waals surface area contributed by atoms with Crippen LogP contribution >= 0.6 is 0 Å². The molecule has 1 saturated heterocycles. The zero-order valence-corrected chi connectivity index (χ0v) is 11.4. The molecule has 2 nitrogen and oxygen atoms in total. The normalized spacial score (nSPS) is 22.2. The maximum Gasteiger partial charge on any atom is 0.0628 e. The maximum absolute atomic E-state index is 9.74. The number of nitrogens with zero attached hydrogens (tertiary/aromatic N) is 1. The van der Waals surface area contributed by atoms with Crippen molar-refractivity contribution in [1.82, 2.24) is 4.90 Å². The first-order chi connectivity index (χ1) is 8.86. The van der Waals surface area contributed by atoms with Crippen LogP contribution in [0.4, 0.5) is 0 Å². The van der Waals surface area contributed by atoms with Crippen LogP contribution in [0.25, 0.3) is 0 Å². The fourth-order valence-corrected chi connectivity index (χ4v) is 3.10. The van der Waals surface area contributed by atoms with Gasteiger partial charge in [0.05, 0.1) is 12.6 Å². The highest BCUT2D eigenvalue weighted by molar-refractivity contribution is 5.19. The summed E-state index contributed by atoms with van der Waals surface area (Å²) < 4.78 is 0. The van der Waals surface area contributed by atoms with Crippen LogP contribution in [0.15, 0.2) is 30.3 Å². The second-order valence-electron chi connectivity index (χ2n) is 5.29. The van der Waals surface area contributed by atoms with Gasteiger partial charge in [-0.05, 0) is 31.4 Å². The van der Waals surface area contributed by atoms with Crippen LogP contribution in [-0.2, 0) is 0 Å². The summed E-state index contributed by atoms with van der Waals surface area (Å²) in [6.45, 7) is 3.61. The Labute approximate surface area is 111 Å². The van der Waals surface area contributed by atoms with Crippen molar-refractivity contribution in [3.63, 3.8) is 0 Å². The van der Waals surface area contributed by atoms with E-state index < -0.39 is 0 Å². The van der Waals surface area contributed by atoms with Gasteiger partial charge in [-0.1, -0.05) is 50.1 Å². The Hall–Kier alpha value is -0.860. The molecule has 1 aromatic rings. The maximum atomic E-state index is 9.74. The third-order valence-corrected chi connectivity index (χ3v) is 4.07. The van der Waals surface area contributed by atoms with Crippen molar-refractivity contribution in [2.45, 2.75) is 51.1 Å². The molecule has 1 N–H and O–H groups in total. The first kappa shape index (κ1) is 13.6. The summed E-state index contributed by atoms with van der Waals surface area (Å²) in [7, 11) is 0. The number of hydrogen-bond donors (Lipinski definition) is 1. The van der Waals surface area contributed by atoms with E-state index in [2.05, 4.69) is 36.1 Å². The quantitative estimate of drug-likeness (QED) is 0.833. The molecule has 18 heavy (non-hydrogen) atoms. The fourth-order valence-electron chi connectivity index (χ4n) is 3.10. The lowest BCUT2D eigenvalue weighted by Gasteiger charge is -2.32. The zero-order valence-electron chi connectivity index (χ0n) is 11.4. The number of rotatable bonds is 6. The molecule has 0 radical (unpaired) electrons. The summed E-state index contributed by atoms with van der Waals surface area (Å²) >= 11 is 0. The first-order valence-electron chi connectivity index (χ1n) is 7.28. The number of unbranched alkanes of at least 4 members (excludes halogenated alkanes) is 1. The van der Waals surface area contributed by atoms with Crippen LogP contribution < -0.4 is 0 Å². The smallest absolute Gasteiger partial charge is 0.0628 e. The highest BCUT2D eigenvalue weighted by atomic mass is 16.3. The van der Waals surface area contributed by atoms with E-state index in [1.165, 1.54) is 37.7 Å². The highest BCUT2D eigenvalue weighted by Gasteiger charge is 2.30. The number of hydrogen-bond acceptors (Lipinski definition) is 2. The number of benzene rings is 1. The Morgan fingerprint density at radius 3 is 2.78 bits per heavy atom. The summed E-state index contributed by atoms with van der Waals surface area (Å²) in [4.78, 5) is 2.52. The number of likely N-dealkylation sites (tertiary alicyclic amines) is 1. The van der Waals surface area contributed by atoms with Gasteiger partial charge in [0.15, 0.2) is 0 Å². The van der Waals surface area contributed by atoms with Crippen LogP contribution in [0.3, 0.4) is 0 Å². The van der Waals surface area contributed by atoms with Gasteiger partial charge in [-0.25, -0.2) is 0 Å². The molecular formula is C16H25NO. The van der Waals surface area contributed by atoms with Gasteiger partial charge in [-0.3, -0.25) is 4.90 Å². The summed E-state index contributed by atoms with van der Waals surface area (Å²) in [6.07, 6.45) is 6.41. The minimum atomic E-state index is 0.190. The van der Waals surface area contributed by atoms with E-state index in [-0.39, 0.29) is 12.6 Å². The van der Waals surface area contributed by atoms with E-state index in [0.29, 0.717) is 6.04 Å². The fraction of sp³-hybridized carbons (Fsp3) is 0.625. The molecule has 2 atom stereocenters. The van der Waals surface area contributed by atoms with Gasteiger partial charge < -0.3 is 5.11 Å². The molecule has 0 bridgehead atoms. The predicted molar refractivity (Wildman–Crippen MR) is 75.5 cm³/mol. The van der Waals surface area contributed by atoms with E-state index in [0.717, 1.165) is 6.54 Å². The van der Waals surface area contributed by atoms with E-state index in [9.17, 15) is 5.11 Å². The molecule has 1 fully saturated rings. The highest BCUT2D eigenvalue weighted by Crippen LogP contribution is 2.31. The molecule has 0 unspecified atom stereocenters. The molecule has 0 aliphatic carbocycles. The topological polar surface area (TPSA) is 23.5 Å². The Morgan fingerprint density at radius 2 is 2.11 bits per heavy atom. The molecule has 0 aromatic heterocycles. The monoisotopic (exact) mass is 247 g/mol. The standard InChI is InChI=1S/C16H25NO/c1-2-3-10-15-11-7-12-17(15)16(13-18)14-8-5-4-6-9-14/h4-6,8-9,15-16,18H,2-3,7,10-13H2,1H3/t15-,16+/m1/s1. The van der Waals surface area contributed by atoms with Crippen LogP contribution in [0.5, 0.6) is 0 Å². The Bertz CT molecular complexity index is 338. The number of aliphatic hydroxyl groups excluding tert-OH is 1. The van der Waals surface area contributed by atoms with Crippen LogP contribution in [0.1, 0.15) is 50.6 Å². The lowest BCUT2D eigenvalue weighted by molar-refractivity contribution is 0.107. The zero-order chi connectivity index (χ0) is 12.8. The van der Waals surface area contributed by atoms with Crippen molar-refractivity contribution in [2.24, 2.45) is 0 Å². The lowest BCUT2D eigenvalue weighted by atomic mass is 10.0. The molecule has 0 amide bonds. The van der Waals surface area contributed by atoms with Crippen LogP contribution in [0, 0.1) is 0 Å². The largest absolute Gasteiger partial charge is 0.394 e. The second kappa shape index (κ2) is 6.91. The Morgan fingerprint density at radius 1 is 1.33 bits per heavy atom. The van der Waals surface area contributed by atoms with E-state index in [1.54, 1.807) is 0 Å². The summed E-state index contributed by atoms with van der Waals surface area (Å²) in [6, 6.07) is 11.3. The third-order valence-electron chi connectivity index (χ3n) is 4.07. The molecule has 1 aromatic carbocycles. The minimum absolute atomic E-state index is 0.190. The summed E-state index contributed by atoms with van der Waals surface area (Å²) in [5, 5.41) is 9.74. The average molecular weight is 247 g/mol. The molecule has 0 saturated carbocycles. The molecular weight excluding hydrogens is 222 g/mol. The number of aliphatic hydroxyl groups is 1. The molecule has 1 aliphatic heterocycles. The van der Waals surface area contributed by atoms with Crippen molar-refractivity contribution < 1.29 is 5.11 Å². The SMILES string of the molecule is CCCC[C@@H]1CCCN1[C@@H](CO)c1ccccc1. The molecule has 100 valence electrons. The Balaban J connectivity index is 2.07. The average Bonchev–Trinajstić information content (AvgIpc) is 2.87. The predicted octanol–water partition coefficient (Wildman–Crippen LogP) is 3.37.